The third-order valence-electron chi connectivity index (χ3n) is 5.59. The average Bonchev–Trinajstić information content (AvgIpc) is 2.66. The number of carbonyl (C=O) groups excluding carboxylic acids is 2. The van der Waals surface area contributed by atoms with Crippen molar-refractivity contribution >= 4 is 29.1 Å². The normalized spacial score (nSPS) is 21.3. The maximum Gasteiger partial charge on any atom is 0.255 e. The third-order valence-corrected chi connectivity index (χ3v) is 5.82. The Balaban J connectivity index is 1.80. The minimum absolute atomic E-state index is 0.0766. The molecule has 2 aromatic rings. The zero-order valence-corrected chi connectivity index (χ0v) is 18.0. The van der Waals surface area contributed by atoms with Crippen molar-refractivity contribution in [2.24, 2.45) is 5.92 Å². The molecule has 0 saturated heterocycles. The van der Waals surface area contributed by atoms with E-state index in [0.29, 0.717) is 28.4 Å². The van der Waals surface area contributed by atoms with E-state index in [1.807, 2.05) is 44.2 Å². The molecule has 5 nitrogen and oxygen atoms in total. The molecule has 1 aliphatic carbocycles. The van der Waals surface area contributed by atoms with Gasteiger partial charge in [-0.05, 0) is 56.0 Å². The van der Waals surface area contributed by atoms with Crippen LogP contribution in [0, 0.1) is 12.8 Å². The number of aryl methyl sites for hydroxylation is 1. The van der Waals surface area contributed by atoms with E-state index in [1.54, 1.807) is 12.1 Å². The van der Waals surface area contributed by atoms with E-state index < -0.39 is 5.92 Å². The third kappa shape index (κ3) is 3.90. The Kier molecular flexibility index (Phi) is 5.48. The molecular weight excluding hydrogens is 398 g/mol. The van der Waals surface area contributed by atoms with Crippen molar-refractivity contribution < 1.29 is 9.59 Å². The molecule has 1 amide bonds. The SMILES string of the molecule is CC1=C(C(=O)Nc2cccc(C)n2)[C@H](c2cccc(Cl)c2)C2=C(C[C@H](C)CC2=O)N1. The quantitative estimate of drug-likeness (QED) is 0.739. The van der Waals surface area contributed by atoms with Crippen molar-refractivity contribution in [3.05, 3.63) is 81.3 Å². The van der Waals surface area contributed by atoms with Crippen molar-refractivity contribution in [1.82, 2.24) is 10.3 Å². The molecule has 1 aromatic heterocycles. The number of amides is 1. The highest BCUT2D eigenvalue weighted by Crippen LogP contribution is 2.43. The van der Waals surface area contributed by atoms with Crippen molar-refractivity contribution in [1.29, 1.82) is 0 Å². The van der Waals surface area contributed by atoms with Gasteiger partial charge >= 0.3 is 0 Å². The second-order valence-corrected chi connectivity index (χ2v) is 8.54. The predicted molar refractivity (Wildman–Crippen MR) is 118 cm³/mol. The average molecular weight is 422 g/mol. The van der Waals surface area contributed by atoms with Crippen LogP contribution in [0.1, 0.15) is 43.9 Å². The highest BCUT2D eigenvalue weighted by molar-refractivity contribution is 6.30. The van der Waals surface area contributed by atoms with Crippen molar-refractivity contribution in [2.45, 2.75) is 39.5 Å². The second-order valence-electron chi connectivity index (χ2n) is 8.10. The Labute approximate surface area is 181 Å². The standard InChI is InChI=1S/C24H24ClN3O2/c1-13-10-18-23(19(29)11-13)22(16-7-5-8-17(25)12-16)21(15(3)27-18)24(30)28-20-9-4-6-14(2)26-20/h4-9,12-13,22,27H,10-11H2,1-3H3,(H,26,28,30)/t13-,22-/m0/s1. The summed E-state index contributed by atoms with van der Waals surface area (Å²) in [6.45, 7) is 5.82. The number of hydrogen-bond donors (Lipinski definition) is 2. The number of anilines is 1. The van der Waals surface area contributed by atoms with Crippen molar-refractivity contribution in [2.75, 3.05) is 5.32 Å². The van der Waals surface area contributed by atoms with Crippen molar-refractivity contribution in [3.63, 3.8) is 0 Å². The number of allylic oxidation sites excluding steroid dienone is 3. The number of benzene rings is 1. The van der Waals surface area contributed by atoms with Crippen LogP contribution in [0.2, 0.25) is 5.02 Å². The lowest BCUT2D eigenvalue weighted by atomic mass is 9.73. The number of carbonyl (C=O) groups is 2. The number of Topliss-reactive ketones (excluding diaryl/α,β-unsaturated/α-hetero) is 1. The Hall–Kier alpha value is -2.92. The zero-order valence-electron chi connectivity index (χ0n) is 17.3. The van der Waals surface area contributed by atoms with Crippen LogP contribution in [-0.4, -0.2) is 16.7 Å². The number of rotatable bonds is 3. The molecule has 0 unspecified atom stereocenters. The molecule has 0 saturated carbocycles. The smallest absolute Gasteiger partial charge is 0.255 e. The van der Waals surface area contributed by atoms with Gasteiger partial charge in [0.15, 0.2) is 5.78 Å². The van der Waals surface area contributed by atoms with Gasteiger partial charge < -0.3 is 10.6 Å². The van der Waals surface area contributed by atoms with E-state index in [9.17, 15) is 9.59 Å². The molecule has 0 radical (unpaired) electrons. The lowest BCUT2D eigenvalue weighted by Gasteiger charge is -2.36. The fourth-order valence-corrected chi connectivity index (χ4v) is 4.55. The van der Waals surface area contributed by atoms with Crippen LogP contribution >= 0.6 is 11.6 Å². The van der Waals surface area contributed by atoms with Gasteiger partial charge in [0.2, 0.25) is 0 Å². The molecule has 154 valence electrons. The Morgan fingerprint density at radius 1 is 1.17 bits per heavy atom. The molecular formula is C24H24ClN3O2. The maximum atomic E-state index is 13.4. The Bertz CT molecular complexity index is 1100. The highest BCUT2D eigenvalue weighted by atomic mass is 35.5. The van der Waals surface area contributed by atoms with Gasteiger partial charge in [-0.25, -0.2) is 4.98 Å². The van der Waals surface area contributed by atoms with Gasteiger partial charge in [-0.3, -0.25) is 9.59 Å². The topological polar surface area (TPSA) is 71.1 Å². The Morgan fingerprint density at radius 3 is 2.67 bits per heavy atom. The van der Waals surface area contributed by atoms with Gasteiger partial charge in [0, 0.05) is 45.6 Å². The maximum absolute atomic E-state index is 13.4. The van der Waals surface area contributed by atoms with Crippen LogP contribution in [-0.2, 0) is 9.59 Å². The first kappa shape index (κ1) is 20.4. The molecule has 1 aliphatic heterocycles. The number of pyridine rings is 1. The van der Waals surface area contributed by atoms with Crippen LogP contribution in [0.5, 0.6) is 0 Å². The van der Waals surface area contributed by atoms with Crippen molar-refractivity contribution in [3.8, 4) is 0 Å². The molecule has 2 N–H and O–H groups in total. The summed E-state index contributed by atoms with van der Waals surface area (Å²) in [6, 6.07) is 12.9. The van der Waals surface area contributed by atoms with Gasteiger partial charge in [-0.2, -0.15) is 0 Å². The molecule has 2 aliphatic rings. The number of halogens is 1. The van der Waals surface area contributed by atoms with Crippen LogP contribution in [0.3, 0.4) is 0 Å². The highest BCUT2D eigenvalue weighted by Gasteiger charge is 2.39. The van der Waals surface area contributed by atoms with Gasteiger partial charge in [-0.15, -0.1) is 0 Å². The monoisotopic (exact) mass is 421 g/mol. The molecule has 4 rings (SSSR count). The fraction of sp³-hybridized carbons (Fsp3) is 0.292. The van der Waals surface area contributed by atoms with E-state index in [-0.39, 0.29) is 17.6 Å². The van der Waals surface area contributed by atoms with Gasteiger partial charge in [0.05, 0.1) is 0 Å². The number of dihydropyridines is 1. The first-order valence-electron chi connectivity index (χ1n) is 10.1. The number of nitrogens with one attached hydrogen (secondary N) is 2. The van der Waals surface area contributed by atoms with E-state index in [0.717, 1.165) is 29.1 Å². The lowest BCUT2D eigenvalue weighted by Crippen LogP contribution is -2.37. The molecule has 1 aromatic carbocycles. The first-order chi connectivity index (χ1) is 14.3. The molecule has 0 spiro atoms. The molecule has 2 atom stereocenters. The largest absolute Gasteiger partial charge is 0.362 e. The number of ketones is 1. The van der Waals surface area contributed by atoms with E-state index >= 15 is 0 Å². The minimum Gasteiger partial charge on any atom is -0.362 e. The lowest BCUT2D eigenvalue weighted by molar-refractivity contribution is -0.117. The number of hydrogen-bond acceptors (Lipinski definition) is 4. The molecule has 0 fully saturated rings. The molecule has 2 heterocycles. The number of aromatic nitrogens is 1. The zero-order chi connectivity index (χ0) is 21.4. The van der Waals surface area contributed by atoms with E-state index in [2.05, 4.69) is 22.5 Å². The first-order valence-corrected chi connectivity index (χ1v) is 10.5. The number of nitrogens with zero attached hydrogens (tertiary/aromatic N) is 1. The summed E-state index contributed by atoms with van der Waals surface area (Å²) in [5.74, 6) is 0.0791. The summed E-state index contributed by atoms with van der Waals surface area (Å²) >= 11 is 6.27. The summed E-state index contributed by atoms with van der Waals surface area (Å²) in [4.78, 5) is 30.9. The second kappa shape index (κ2) is 8.07. The summed E-state index contributed by atoms with van der Waals surface area (Å²) in [7, 11) is 0. The minimum atomic E-state index is -0.468. The summed E-state index contributed by atoms with van der Waals surface area (Å²) in [5, 5.41) is 6.82. The van der Waals surface area contributed by atoms with Gasteiger partial charge in [0.1, 0.15) is 5.82 Å². The fourth-order valence-electron chi connectivity index (χ4n) is 4.35. The van der Waals surface area contributed by atoms with E-state index in [4.69, 9.17) is 11.6 Å². The van der Waals surface area contributed by atoms with Crippen LogP contribution in [0.25, 0.3) is 0 Å². The van der Waals surface area contributed by atoms with E-state index in [1.165, 1.54) is 0 Å². The molecule has 30 heavy (non-hydrogen) atoms. The van der Waals surface area contributed by atoms with Crippen LogP contribution < -0.4 is 10.6 Å². The van der Waals surface area contributed by atoms with Crippen LogP contribution in [0.4, 0.5) is 5.82 Å². The van der Waals surface area contributed by atoms with Gasteiger partial charge in [0.25, 0.3) is 5.91 Å². The molecule has 0 bridgehead atoms. The summed E-state index contributed by atoms with van der Waals surface area (Å²) in [5.41, 5.74) is 4.48. The molecule has 6 heteroatoms. The summed E-state index contributed by atoms with van der Waals surface area (Å²) in [6.07, 6.45) is 1.26. The van der Waals surface area contributed by atoms with Crippen LogP contribution in [0.15, 0.2) is 65.0 Å². The Morgan fingerprint density at radius 2 is 1.93 bits per heavy atom. The predicted octanol–water partition coefficient (Wildman–Crippen LogP) is 4.90. The van der Waals surface area contributed by atoms with Gasteiger partial charge in [-0.1, -0.05) is 36.7 Å². The summed E-state index contributed by atoms with van der Waals surface area (Å²) < 4.78 is 0.